The molecule has 0 heterocycles. The van der Waals surface area contributed by atoms with Gasteiger partial charge >= 0.3 is 0 Å². The van der Waals surface area contributed by atoms with Gasteiger partial charge in [0.2, 0.25) is 0 Å². The molecule has 0 aromatic rings. The summed E-state index contributed by atoms with van der Waals surface area (Å²) < 4.78 is 23.5. The van der Waals surface area contributed by atoms with Crippen molar-refractivity contribution in [1.82, 2.24) is 0 Å². The van der Waals surface area contributed by atoms with E-state index in [2.05, 4.69) is 0 Å². The van der Waals surface area contributed by atoms with Crippen molar-refractivity contribution in [3.05, 3.63) is 0 Å². The van der Waals surface area contributed by atoms with Gasteiger partial charge in [-0.2, -0.15) is 23.5 Å². The summed E-state index contributed by atoms with van der Waals surface area (Å²) in [5, 5.41) is -2.46. The predicted octanol–water partition coefficient (Wildman–Crippen LogP) is -0.385. The summed E-state index contributed by atoms with van der Waals surface area (Å²) in [5.74, 6) is 1.10. The van der Waals surface area contributed by atoms with Gasteiger partial charge in [-0.3, -0.25) is 9.59 Å². The second-order valence-corrected chi connectivity index (χ2v) is 7.70. The first-order valence-electron chi connectivity index (χ1n) is 5.60. The Balaban J connectivity index is 4.76. The number of hydrogen-bond donors (Lipinski definition) is 2. The number of thioether (sulfide) groups is 2. The summed E-state index contributed by atoms with van der Waals surface area (Å²) in [5.41, 5.74) is 11.0. The molecule has 0 radical (unpaired) electrons. The van der Waals surface area contributed by atoms with E-state index in [0.29, 0.717) is 11.5 Å². The first-order chi connectivity index (χ1) is 8.78. The van der Waals surface area contributed by atoms with E-state index in [4.69, 9.17) is 11.5 Å². The molecule has 0 saturated heterocycles. The first kappa shape index (κ1) is 18.9. The highest BCUT2D eigenvalue weighted by molar-refractivity contribution is 8.19. The van der Waals surface area contributed by atoms with Gasteiger partial charge in [-0.05, 0) is 36.9 Å². The molecule has 9 heteroatoms. The maximum absolute atomic E-state index is 11.8. The molecule has 112 valence electrons. The normalized spacial score (nSPS) is 14.9. The third-order valence-electron chi connectivity index (χ3n) is 2.40. The Kier molecular flexibility index (Phi) is 8.92. The third-order valence-corrected chi connectivity index (χ3v) is 5.35. The van der Waals surface area contributed by atoms with Crippen LogP contribution in [0.3, 0.4) is 0 Å². The van der Waals surface area contributed by atoms with E-state index in [-0.39, 0.29) is 12.8 Å². The van der Waals surface area contributed by atoms with Crippen molar-refractivity contribution in [1.29, 1.82) is 0 Å². The third kappa shape index (κ3) is 5.82. The Labute approximate surface area is 122 Å². The van der Waals surface area contributed by atoms with Crippen LogP contribution in [0.25, 0.3) is 0 Å². The van der Waals surface area contributed by atoms with Crippen LogP contribution in [0.4, 0.5) is 0 Å². The zero-order valence-corrected chi connectivity index (χ0v) is 13.4. The number of carbonyl (C=O) groups excluding carboxylic acids is 2. The van der Waals surface area contributed by atoms with Gasteiger partial charge in [0.15, 0.2) is 0 Å². The van der Waals surface area contributed by atoms with E-state index in [1.807, 2.05) is 12.5 Å². The van der Waals surface area contributed by atoms with Gasteiger partial charge in [-0.1, -0.05) is 0 Å². The van der Waals surface area contributed by atoms with Gasteiger partial charge in [-0.25, -0.2) is 8.42 Å². The molecular formula is C10H20N2O4S3. The van der Waals surface area contributed by atoms with Crippen molar-refractivity contribution >= 4 is 43.6 Å². The standard InChI is InChI=1S/C10H20N2O4S3/c1-17-5-3-7(11)9(13)19(15,16)10(14)8(12)4-6-18-2/h7-8H,3-6,11-12H2,1-2H3/t7-,8-/m1/s1. The van der Waals surface area contributed by atoms with Gasteiger partial charge in [0.25, 0.3) is 20.1 Å². The van der Waals surface area contributed by atoms with Crippen LogP contribution in [0.1, 0.15) is 12.8 Å². The summed E-state index contributed by atoms with van der Waals surface area (Å²) >= 11 is 2.89. The molecule has 0 unspecified atom stereocenters. The predicted molar refractivity (Wildman–Crippen MR) is 80.9 cm³/mol. The van der Waals surface area contributed by atoms with Crippen LogP contribution in [0.2, 0.25) is 0 Å². The van der Waals surface area contributed by atoms with E-state index in [9.17, 15) is 18.0 Å². The second kappa shape index (κ2) is 8.96. The lowest BCUT2D eigenvalue weighted by atomic mass is 10.3. The minimum Gasteiger partial charge on any atom is -0.321 e. The Hall–Kier alpha value is -0.0900. The highest BCUT2D eigenvalue weighted by atomic mass is 32.2. The topological polar surface area (TPSA) is 120 Å². The molecule has 0 rings (SSSR count). The highest BCUT2D eigenvalue weighted by Crippen LogP contribution is 2.09. The van der Waals surface area contributed by atoms with Crippen molar-refractivity contribution in [3.63, 3.8) is 0 Å². The van der Waals surface area contributed by atoms with Crippen LogP contribution in [-0.4, -0.2) is 54.7 Å². The minimum atomic E-state index is -4.54. The van der Waals surface area contributed by atoms with Gasteiger partial charge in [0.1, 0.15) is 0 Å². The van der Waals surface area contributed by atoms with Crippen LogP contribution in [0.15, 0.2) is 0 Å². The van der Waals surface area contributed by atoms with Crippen molar-refractivity contribution in [2.75, 3.05) is 24.0 Å². The average Bonchev–Trinajstić information content (AvgIpc) is 2.39. The fourth-order valence-electron chi connectivity index (χ4n) is 1.22. The van der Waals surface area contributed by atoms with Gasteiger partial charge in [-0.15, -0.1) is 0 Å². The van der Waals surface area contributed by atoms with E-state index in [1.54, 1.807) is 0 Å². The molecule has 0 saturated carbocycles. The molecule has 0 amide bonds. The number of nitrogens with two attached hydrogens (primary N) is 2. The number of rotatable bonds is 8. The number of carbonyl (C=O) groups is 2. The molecular weight excluding hydrogens is 308 g/mol. The van der Waals surface area contributed by atoms with E-state index in [1.165, 1.54) is 23.5 Å². The van der Waals surface area contributed by atoms with Gasteiger partial charge < -0.3 is 11.5 Å². The molecule has 0 aromatic carbocycles. The van der Waals surface area contributed by atoms with Crippen LogP contribution in [0, 0.1) is 0 Å². The second-order valence-electron chi connectivity index (χ2n) is 3.92. The van der Waals surface area contributed by atoms with Crippen LogP contribution >= 0.6 is 23.5 Å². The van der Waals surface area contributed by atoms with Gasteiger partial charge in [0.05, 0.1) is 12.1 Å². The quantitative estimate of drug-likeness (QED) is 0.618. The van der Waals surface area contributed by atoms with Crippen molar-refractivity contribution < 1.29 is 18.0 Å². The Morgan fingerprint density at radius 2 is 1.26 bits per heavy atom. The first-order valence-corrected chi connectivity index (χ1v) is 9.88. The highest BCUT2D eigenvalue weighted by Gasteiger charge is 2.37. The monoisotopic (exact) mass is 328 g/mol. The van der Waals surface area contributed by atoms with Crippen LogP contribution in [-0.2, 0) is 19.4 Å². The molecule has 0 aliphatic rings. The zero-order chi connectivity index (χ0) is 15.1. The summed E-state index contributed by atoms with van der Waals surface area (Å²) in [6, 6.07) is -2.34. The zero-order valence-electron chi connectivity index (χ0n) is 11.0. The molecule has 0 bridgehead atoms. The largest absolute Gasteiger partial charge is 0.321 e. The SMILES string of the molecule is CSCC[C@@H](N)C(=O)S(=O)(=O)C(=O)[C@H](N)CCSC. The number of sulfone groups is 1. The molecule has 0 aliphatic carbocycles. The average molecular weight is 328 g/mol. The van der Waals surface area contributed by atoms with E-state index in [0.717, 1.165) is 0 Å². The lowest BCUT2D eigenvalue weighted by molar-refractivity contribution is -0.115. The fourth-order valence-corrected chi connectivity index (χ4v) is 3.43. The number of hydrogen-bond acceptors (Lipinski definition) is 8. The Bertz CT molecular complexity index is 379. The molecule has 19 heavy (non-hydrogen) atoms. The summed E-state index contributed by atoms with van der Waals surface area (Å²) in [7, 11) is -4.54. The molecule has 2 atom stereocenters. The van der Waals surface area contributed by atoms with Crippen LogP contribution < -0.4 is 11.5 Å². The van der Waals surface area contributed by atoms with Crippen molar-refractivity contribution in [2.24, 2.45) is 11.5 Å². The maximum Gasteiger partial charge on any atom is 0.276 e. The lowest BCUT2D eigenvalue weighted by Crippen LogP contribution is -2.45. The summed E-state index contributed by atoms with van der Waals surface area (Å²) in [6.45, 7) is 0. The molecule has 6 nitrogen and oxygen atoms in total. The molecule has 0 fully saturated rings. The lowest BCUT2D eigenvalue weighted by Gasteiger charge is -2.12. The van der Waals surface area contributed by atoms with Crippen LogP contribution in [0.5, 0.6) is 0 Å². The van der Waals surface area contributed by atoms with Gasteiger partial charge in [0, 0.05) is 0 Å². The maximum atomic E-state index is 11.8. The molecule has 4 N–H and O–H groups in total. The Morgan fingerprint density at radius 1 is 0.947 bits per heavy atom. The summed E-state index contributed by atoms with van der Waals surface area (Å²) in [4.78, 5) is 23.4. The Morgan fingerprint density at radius 3 is 1.53 bits per heavy atom. The minimum absolute atomic E-state index is 0.215. The van der Waals surface area contributed by atoms with Crippen molar-refractivity contribution in [2.45, 2.75) is 24.9 Å². The molecule has 0 spiro atoms. The molecule has 0 aromatic heterocycles. The summed E-state index contributed by atoms with van der Waals surface area (Å²) in [6.07, 6.45) is 4.06. The van der Waals surface area contributed by atoms with Crippen molar-refractivity contribution in [3.8, 4) is 0 Å². The van der Waals surface area contributed by atoms with E-state index >= 15 is 0 Å². The smallest absolute Gasteiger partial charge is 0.276 e. The molecule has 0 aliphatic heterocycles. The van der Waals surface area contributed by atoms with E-state index < -0.39 is 32.2 Å². The fraction of sp³-hybridized carbons (Fsp3) is 0.800.